The summed E-state index contributed by atoms with van der Waals surface area (Å²) < 4.78 is 45.5. The molecular weight excluding hydrogens is 429 g/mol. The summed E-state index contributed by atoms with van der Waals surface area (Å²) in [7, 11) is 1.54. The van der Waals surface area contributed by atoms with Gasteiger partial charge in [0.1, 0.15) is 5.75 Å². The fourth-order valence-electron chi connectivity index (χ4n) is 2.76. The molecule has 164 valence electrons. The van der Waals surface area contributed by atoms with Crippen molar-refractivity contribution in [3.8, 4) is 11.4 Å². The molecule has 1 aromatic heterocycles. The van der Waals surface area contributed by atoms with E-state index in [4.69, 9.17) is 4.74 Å². The van der Waals surface area contributed by atoms with Crippen molar-refractivity contribution in [2.45, 2.75) is 31.2 Å². The number of rotatable bonds is 8. The lowest BCUT2D eigenvalue weighted by molar-refractivity contribution is -0.137. The van der Waals surface area contributed by atoms with E-state index in [-0.39, 0.29) is 12.5 Å². The number of methoxy groups -OCH3 is 1. The lowest BCUT2D eigenvalue weighted by Gasteiger charge is -2.12. The number of benzene rings is 2. The Bertz CT molecular complexity index is 1020. The smallest absolute Gasteiger partial charge is 0.416 e. The van der Waals surface area contributed by atoms with Crippen molar-refractivity contribution in [1.29, 1.82) is 0 Å². The number of carbonyl (C=O) groups is 1. The zero-order valence-electron chi connectivity index (χ0n) is 16.9. The summed E-state index contributed by atoms with van der Waals surface area (Å²) in [4.78, 5) is 12.5. The highest BCUT2D eigenvalue weighted by atomic mass is 32.2. The molecule has 0 saturated carbocycles. The summed E-state index contributed by atoms with van der Waals surface area (Å²) >= 11 is 1.45. The number of nitrogens with one attached hydrogen (secondary N) is 1. The molecule has 1 heterocycles. The van der Waals surface area contributed by atoms with Crippen LogP contribution in [0.25, 0.3) is 5.69 Å². The predicted molar refractivity (Wildman–Crippen MR) is 112 cm³/mol. The molecule has 2 aromatic carbocycles. The Morgan fingerprint density at radius 1 is 1.10 bits per heavy atom. The third-order valence-electron chi connectivity index (χ3n) is 4.35. The summed E-state index contributed by atoms with van der Waals surface area (Å²) in [5, 5.41) is 11.6. The number of hydrogen-bond acceptors (Lipinski definition) is 5. The summed E-state index contributed by atoms with van der Waals surface area (Å²) in [5.74, 6) is 1.51. The number of alkyl halides is 3. The zero-order valence-corrected chi connectivity index (χ0v) is 17.8. The molecule has 0 fully saturated rings. The first kappa shape index (κ1) is 22.7. The predicted octanol–water partition coefficient (Wildman–Crippen LogP) is 4.73. The van der Waals surface area contributed by atoms with Gasteiger partial charge < -0.3 is 10.1 Å². The monoisotopic (exact) mass is 450 g/mol. The second kappa shape index (κ2) is 9.86. The second-order valence-electron chi connectivity index (χ2n) is 6.54. The van der Waals surface area contributed by atoms with Crippen molar-refractivity contribution in [3.63, 3.8) is 0 Å². The van der Waals surface area contributed by atoms with Gasteiger partial charge in [-0.1, -0.05) is 18.7 Å². The Labute approximate surface area is 181 Å². The SMILES string of the molecule is CCCSc1nnc(CNC(=O)c2ccc(OC)cc2)n1-c1ccc(C(F)(F)F)cc1. The molecule has 0 bridgehead atoms. The molecule has 3 rings (SSSR count). The maximum absolute atomic E-state index is 12.9. The van der Waals surface area contributed by atoms with Crippen LogP contribution in [0.2, 0.25) is 0 Å². The molecular formula is C21H21F3N4O2S. The number of nitrogens with zero attached hydrogens (tertiary/aromatic N) is 3. The van der Waals surface area contributed by atoms with Gasteiger partial charge in [-0.2, -0.15) is 13.2 Å². The van der Waals surface area contributed by atoms with Crippen LogP contribution < -0.4 is 10.1 Å². The molecule has 0 aliphatic heterocycles. The number of thioether (sulfide) groups is 1. The molecule has 10 heteroatoms. The van der Waals surface area contributed by atoms with E-state index in [1.165, 1.54) is 31.0 Å². The highest BCUT2D eigenvalue weighted by Gasteiger charge is 2.30. The minimum Gasteiger partial charge on any atom is -0.497 e. The van der Waals surface area contributed by atoms with E-state index < -0.39 is 11.7 Å². The van der Waals surface area contributed by atoms with E-state index in [9.17, 15) is 18.0 Å². The van der Waals surface area contributed by atoms with Gasteiger partial charge in [-0.05, 0) is 55.0 Å². The molecule has 1 amide bonds. The van der Waals surface area contributed by atoms with Crippen LogP contribution in [0, 0.1) is 0 Å². The Kier molecular flexibility index (Phi) is 7.21. The normalized spacial score (nSPS) is 11.4. The Morgan fingerprint density at radius 2 is 1.77 bits per heavy atom. The van der Waals surface area contributed by atoms with Crippen molar-refractivity contribution in [2.75, 3.05) is 12.9 Å². The summed E-state index contributed by atoms with van der Waals surface area (Å²) in [6, 6.07) is 11.4. The third-order valence-corrected chi connectivity index (χ3v) is 5.48. The van der Waals surface area contributed by atoms with Gasteiger partial charge in [-0.25, -0.2) is 0 Å². The largest absolute Gasteiger partial charge is 0.497 e. The number of ether oxygens (including phenoxy) is 1. The van der Waals surface area contributed by atoms with Crippen LogP contribution in [0.4, 0.5) is 13.2 Å². The molecule has 31 heavy (non-hydrogen) atoms. The van der Waals surface area contributed by atoms with E-state index in [1.54, 1.807) is 28.8 Å². The van der Waals surface area contributed by atoms with Crippen molar-refractivity contribution in [1.82, 2.24) is 20.1 Å². The average Bonchev–Trinajstić information content (AvgIpc) is 3.18. The highest BCUT2D eigenvalue weighted by Crippen LogP contribution is 2.30. The van der Waals surface area contributed by atoms with Crippen molar-refractivity contribution in [3.05, 3.63) is 65.5 Å². The molecule has 0 unspecified atom stereocenters. The molecule has 0 spiro atoms. The fourth-order valence-corrected chi connectivity index (χ4v) is 3.59. The standard InChI is InChI=1S/C21H21F3N4O2S/c1-3-12-31-20-27-26-18(13-25-19(29)14-4-10-17(30-2)11-5-14)28(20)16-8-6-15(7-9-16)21(22,23)24/h4-11H,3,12-13H2,1-2H3,(H,25,29). The molecule has 0 saturated heterocycles. The van der Waals surface area contributed by atoms with Crippen molar-refractivity contribution >= 4 is 17.7 Å². The van der Waals surface area contributed by atoms with Crippen LogP contribution >= 0.6 is 11.8 Å². The van der Waals surface area contributed by atoms with Gasteiger partial charge in [0.2, 0.25) is 0 Å². The molecule has 0 radical (unpaired) electrons. The van der Waals surface area contributed by atoms with E-state index in [0.29, 0.717) is 28.0 Å². The van der Waals surface area contributed by atoms with E-state index in [2.05, 4.69) is 15.5 Å². The lowest BCUT2D eigenvalue weighted by atomic mass is 10.2. The van der Waals surface area contributed by atoms with Gasteiger partial charge in [-0.3, -0.25) is 9.36 Å². The average molecular weight is 450 g/mol. The number of hydrogen-bond donors (Lipinski definition) is 1. The van der Waals surface area contributed by atoms with Crippen LogP contribution in [0.3, 0.4) is 0 Å². The summed E-state index contributed by atoms with van der Waals surface area (Å²) in [5.41, 5.74) is 0.203. The summed E-state index contributed by atoms with van der Waals surface area (Å²) in [6.45, 7) is 2.08. The van der Waals surface area contributed by atoms with Crippen molar-refractivity contribution < 1.29 is 22.7 Å². The molecule has 0 atom stereocenters. The van der Waals surface area contributed by atoms with Gasteiger partial charge in [-0.15, -0.1) is 10.2 Å². The first-order valence-electron chi connectivity index (χ1n) is 9.50. The molecule has 3 aromatic rings. The number of carbonyl (C=O) groups excluding carboxylic acids is 1. The molecule has 6 nitrogen and oxygen atoms in total. The Balaban J connectivity index is 1.83. The minimum absolute atomic E-state index is 0.0611. The maximum atomic E-state index is 12.9. The number of amides is 1. The van der Waals surface area contributed by atoms with Crippen molar-refractivity contribution in [2.24, 2.45) is 0 Å². The van der Waals surface area contributed by atoms with E-state index in [0.717, 1.165) is 24.3 Å². The Hall–Kier alpha value is -3.01. The van der Waals surface area contributed by atoms with Gasteiger partial charge in [0.05, 0.1) is 19.2 Å². The Morgan fingerprint density at radius 3 is 2.35 bits per heavy atom. The van der Waals surface area contributed by atoms with Gasteiger partial charge in [0, 0.05) is 17.0 Å². The number of aromatic nitrogens is 3. The van der Waals surface area contributed by atoms with Crippen LogP contribution in [0.1, 0.15) is 35.1 Å². The molecule has 1 N–H and O–H groups in total. The first-order chi connectivity index (χ1) is 14.8. The van der Waals surface area contributed by atoms with Crippen LogP contribution in [-0.2, 0) is 12.7 Å². The second-order valence-corrected chi connectivity index (χ2v) is 7.60. The van der Waals surface area contributed by atoms with E-state index >= 15 is 0 Å². The van der Waals surface area contributed by atoms with Gasteiger partial charge in [0.25, 0.3) is 5.91 Å². The van der Waals surface area contributed by atoms with E-state index in [1.807, 2.05) is 6.92 Å². The topological polar surface area (TPSA) is 69.0 Å². The first-order valence-corrected chi connectivity index (χ1v) is 10.5. The molecule has 0 aliphatic carbocycles. The quantitative estimate of drug-likeness (QED) is 0.503. The zero-order chi connectivity index (χ0) is 22.4. The summed E-state index contributed by atoms with van der Waals surface area (Å²) in [6.07, 6.45) is -3.52. The number of halogens is 3. The van der Waals surface area contributed by atoms with Gasteiger partial charge >= 0.3 is 6.18 Å². The van der Waals surface area contributed by atoms with Crippen LogP contribution in [0.5, 0.6) is 5.75 Å². The highest BCUT2D eigenvalue weighted by molar-refractivity contribution is 7.99. The molecule has 0 aliphatic rings. The minimum atomic E-state index is -4.42. The van der Waals surface area contributed by atoms with Gasteiger partial charge in [0.15, 0.2) is 11.0 Å². The third kappa shape index (κ3) is 5.57. The van der Waals surface area contributed by atoms with Crippen LogP contribution in [0.15, 0.2) is 53.7 Å². The lowest BCUT2D eigenvalue weighted by Crippen LogP contribution is -2.24. The maximum Gasteiger partial charge on any atom is 0.416 e. The van der Waals surface area contributed by atoms with Crippen LogP contribution in [-0.4, -0.2) is 33.5 Å². The fraction of sp³-hybridized carbons (Fsp3) is 0.286.